The van der Waals surface area contributed by atoms with Gasteiger partial charge in [0.15, 0.2) is 5.82 Å². The van der Waals surface area contributed by atoms with Gasteiger partial charge in [0.25, 0.3) is 11.6 Å². The van der Waals surface area contributed by atoms with Crippen LogP contribution in [0.25, 0.3) is 11.5 Å². The normalized spacial score (nSPS) is 32.0. The van der Waals surface area contributed by atoms with E-state index in [-0.39, 0.29) is 16.1 Å². The van der Waals surface area contributed by atoms with Gasteiger partial charge in [-0.2, -0.15) is 4.98 Å². The summed E-state index contributed by atoms with van der Waals surface area (Å²) in [5, 5.41) is 19.1. The molecule has 1 aromatic carbocycles. The summed E-state index contributed by atoms with van der Waals surface area (Å²) in [7, 11) is 0. The Morgan fingerprint density at radius 3 is 2.38 bits per heavy atom. The van der Waals surface area contributed by atoms with Gasteiger partial charge in [-0.15, -0.1) is 0 Å². The largest absolute Gasteiger partial charge is 0.374 e. The van der Waals surface area contributed by atoms with E-state index >= 15 is 0 Å². The summed E-state index contributed by atoms with van der Waals surface area (Å²) in [6.07, 6.45) is 7.46. The number of nitro benzene ring substituents is 1. The molecule has 4 fully saturated rings. The van der Waals surface area contributed by atoms with Gasteiger partial charge in [-0.25, -0.2) is 0 Å². The highest BCUT2D eigenvalue weighted by Crippen LogP contribution is 2.57. The third kappa shape index (κ3) is 2.57. The van der Waals surface area contributed by atoms with Crippen molar-refractivity contribution in [3.05, 3.63) is 34.1 Å². The van der Waals surface area contributed by atoms with Crippen molar-refractivity contribution >= 4 is 11.4 Å². The topological polar surface area (TPSA) is 94.1 Å². The van der Waals surface area contributed by atoms with Crippen LogP contribution in [0.2, 0.25) is 0 Å². The monoisotopic (exact) mass is 354 g/mol. The Kier molecular flexibility index (Phi) is 3.36. The van der Waals surface area contributed by atoms with Gasteiger partial charge in [0.2, 0.25) is 0 Å². The molecule has 7 heteroatoms. The highest BCUT2D eigenvalue weighted by Gasteiger charge is 2.51. The lowest BCUT2D eigenvalue weighted by Gasteiger charge is -2.57. The van der Waals surface area contributed by atoms with Gasteiger partial charge in [0.05, 0.1) is 4.92 Å². The molecule has 0 spiro atoms. The Labute approximate surface area is 151 Å². The van der Waals surface area contributed by atoms with Crippen LogP contribution in [0.3, 0.4) is 0 Å². The number of nitro groups is 1. The van der Waals surface area contributed by atoms with Crippen molar-refractivity contribution in [2.45, 2.75) is 51.0 Å². The van der Waals surface area contributed by atoms with Crippen LogP contribution in [0.4, 0.5) is 11.4 Å². The average molecular weight is 354 g/mol. The molecule has 4 saturated carbocycles. The smallest absolute Gasteiger partial charge is 0.293 e. The number of aryl methyl sites for hydroxylation is 1. The molecule has 1 N–H and O–H groups in total. The quantitative estimate of drug-likeness (QED) is 0.648. The van der Waals surface area contributed by atoms with Crippen LogP contribution >= 0.6 is 0 Å². The second-order valence-corrected chi connectivity index (χ2v) is 8.46. The molecule has 7 nitrogen and oxygen atoms in total. The van der Waals surface area contributed by atoms with Gasteiger partial charge in [0.1, 0.15) is 5.69 Å². The van der Waals surface area contributed by atoms with Crippen LogP contribution in [0, 0.1) is 34.8 Å². The molecule has 4 bridgehead atoms. The Bertz CT molecular complexity index is 840. The molecule has 0 unspecified atom stereocenters. The maximum absolute atomic E-state index is 11.7. The van der Waals surface area contributed by atoms with E-state index in [4.69, 9.17) is 4.52 Å². The Morgan fingerprint density at radius 2 is 1.85 bits per heavy atom. The van der Waals surface area contributed by atoms with Gasteiger partial charge in [-0.05, 0) is 75.3 Å². The highest BCUT2D eigenvalue weighted by atomic mass is 16.6. The van der Waals surface area contributed by atoms with Gasteiger partial charge < -0.3 is 9.84 Å². The fourth-order valence-corrected chi connectivity index (χ4v) is 5.89. The molecule has 0 amide bonds. The number of hydrogen-bond donors (Lipinski definition) is 1. The number of hydrogen-bond acceptors (Lipinski definition) is 6. The second-order valence-electron chi connectivity index (χ2n) is 8.46. The number of nitrogens with zero attached hydrogens (tertiary/aromatic N) is 3. The van der Waals surface area contributed by atoms with E-state index < -0.39 is 0 Å². The predicted molar refractivity (Wildman–Crippen MR) is 95.7 cm³/mol. The van der Waals surface area contributed by atoms with E-state index in [1.165, 1.54) is 25.3 Å². The van der Waals surface area contributed by atoms with E-state index in [0.29, 0.717) is 23.0 Å². The summed E-state index contributed by atoms with van der Waals surface area (Å²) in [5.41, 5.74) is 1.29. The first-order valence-corrected chi connectivity index (χ1v) is 9.37. The van der Waals surface area contributed by atoms with Crippen molar-refractivity contribution in [1.29, 1.82) is 0 Å². The Hall–Kier alpha value is -2.44. The summed E-state index contributed by atoms with van der Waals surface area (Å²) in [6, 6.07) is 5.16. The molecule has 4 aliphatic rings. The lowest BCUT2D eigenvalue weighted by atomic mass is 9.53. The van der Waals surface area contributed by atoms with Crippen LogP contribution in [0.15, 0.2) is 22.7 Å². The van der Waals surface area contributed by atoms with Crippen molar-refractivity contribution in [2.24, 2.45) is 17.8 Å². The summed E-state index contributed by atoms with van der Waals surface area (Å²) in [5.74, 6) is 3.18. The maximum atomic E-state index is 11.7. The first kappa shape index (κ1) is 15.8. The highest BCUT2D eigenvalue weighted by molar-refractivity contribution is 5.70. The van der Waals surface area contributed by atoms with Gasteiger partial charge in [0, 0.05) is 17.2 Å². The molecule has 136 valence electrons. The minimum Gasteiger partial charge on any atom is -0.374 e. The number of benzene rings is 1. The minimum atomic E-state index is -0.324. The number of rotatable bonds is 4. The average Bonchev–Trinajstić information content (AvgIpc) is 3.00. The van der Waals surface area contributed by atoms with E-state index in [1.54, 1.807) is 13.0 Å². The molecular weight excluding hydrogens is 332 g/mol. The zero-order valence-electron chi connectivity index (χ0n) is 14.8. The molecule has 1 heterocycles. The van der Waals surface area contributed by atoms with Gasteiger partial charge in [-0.1, -0.05) is 5.16 Å². The summed E-state index contributed by atoms with van der Waals surface area (Å²) < 4.78 is 5.15. The molecule has 0 saturated heterocycles. The van der Waals surface area contributed by atoms with Crippen molar-refractivity contribution in [3.63, 3.8) is 0 Å². The van der Waals surface area contributed by atoms with E-state index in [2.05, 4.69) is 15.5 Å². The third-order valence-corrected chi connectivity index (χ3v) is 6.41. The van der Waals surface area contributed by atoms with Gasteiger partial charge >= 0.3 is 0 Å². The Balaban J connectivity index is 1.48. The first-order valence-electron chi connectivity index (χ1n) is 9.37. The minimum absolute atomic E-state index is 0.0299. The standard InChI is InChI=1S/C19H22N4O3/c1-11-20-18(26-22-11)15-2-3-16(17(7-15)23(24)25)21-19-8-12-4-13(9-19)6-14(5-12)10-19/h2-3,7,12-14,21H,4-6,8-10H2,1H3. The van der Waals surface area contributed by atoms with E-state index in [1.807, 2.05) is 6.07 Å². The van der Waals surface area contributed by atoms with Crippen LogP contribution in [0.1, 0.15) is 44.3 Å². The summed E-state index contributed by atoms with van der Waals surface area (Å²) >= 11 is 0. The van der Waals surface area contributed by atoms with Crippen LogP contribution < -0.4 is 5.32 Å². The van der Waals surface area contributed by atoms with Crippen LogP contribution in [0.5, 0.6) is 0 Å². The SMILES string of the molecule is Cc1noc(-c2ccc(NC34CC5CC(CC(C5)C3)C4)c([N+](=O)[O-])c2)n1. The molecule has 0 atom stereocenters. The number of anilines is 1. The van der Waals surface area contributed by atoms with Crippen LogP contribution in [-0.4, -0.2) is 20.6 Å². The molecule has 6 rings (SSSR count). The van der Waals surface area contributed by atoms with E-state index in [9.17, 15) is 10.1 Å². The molecule has 4 aliphatic carbocycles. The molecule has 0 aliphatic heterocycles. The van der Waals surface area contributed by atoms with Crippen molar-refractivity contribution in [3.8, 4) is 11.5 Å². The Morgan fingerprint density at radius 1 is 1.19 bits per heavy atom. The first-order chi connectivity index (χ1) is 12.5. The van der Waals surface area contributed by atoms with Crippen molar-refractivity contribution in [1.82, 2.24) is 10.1 Å². The molecule has 1 aromatic heterocycles. The molecular formula is C19H22N4O3. The fourth-order valence-electron chi connectivity index (χ4n) is 5.89. The zero-order valence-corrected chi connectivity index (χ0v) is 14.8. The summed E-state index contributed by atoms with van der Waals surface area (Å²) in [6.45, 7) is 1.73. The number of aromatic nitrogens is 2. The lowest BCUT2D eigenvalue weighted by molar-refractivity contribution is -0.384. The lowest BCUT2D eigenvalue weighted by Crippen LogP contribution is -2.54. The van der Waals surface area contributed by atoms with Crippen molar-refractivity contribution < 1.29 is 9.45 Å². The van der Waals surface area contributed by atoms with Gasteiger partial charge in [-0.3, -0.25) is 10.1 Å². The fraction of sp³-hybridized carbons (Fsp3) is 0.579. The van der Waals surface area contributed by atoms with E-state index in [0.717, 1.165) is 37.0 Å². The van der Waals surface area contributed by atoms with Crippen molar-refractivity contribution in [2.75, 3.05) is 5.32 Å². The van der Waals surface area contributed by atoms with Crippen LogP contribution in [-0.2, 0) is 0 Å². The number of nitrogens with one attached hydrogen (secondary N) is 1. The zero-order chi connectivity index (χ0) is 17.9. The summed E-state index contributed by atoms with van der Waals surface area (Å²) in [4.78, 5) is 15.5. The molecule has 26 heavy (non-hydrogen) atoms. The third-order valence-electron chi connectivity index (χ3n) is 6.41. The molecule has 0 radical (unpaired) electrons. The molecule has 2 aromatic rings. The predicted octanol–water partition coefficient (Wildman–Crippen LogP) is 4.33. The maximum Gasteiger partial charge on any atom is 0.293 e. The second kappa shape index (κ2) is 5.53.